The first-order chi connectivity index (χ1) is 12.8. The van der Waals surface area contributed by atoms with Gasteiger partial charge in [-0.05, 0) is 44.5 Å². The average molecular weight is 368 g/mol. The Balaban J connectivity index is 1.70. The third kappa shape index (κ3) is 4.11. The van der Waals surface area contributed by atoms with Crippen LogP contribution in [-0.2, 0) is 16.1 Å². The summed E-state index contributed by atoms with van der Waals surface area (Å²) < 4.78 is 15.9. The van der Waals surface area contributed by atoms with Crippen LogP contribution in [0.25, 0.3) is 11.0 Å². The fourth-order valence-electron chi connectivity index (χ4n) is 2.83. The number of aromatic hydroxyl groups is 1. The van der Waals surface area contributed by atoms with E-state index in [-0.39, 0.29) is 24.5 Å². The van der Waals surface area contributed by atoms with E-state index in [2.05, 4.69) is 0 Å². The van der Waals surface area contributed by atoms with Crippen molar-refractivity contribution in [2.24, 2.45) is 0 Å². The molecule has 27 heavy (non-hydrogen) atoms. The first-order valence-corrected chi connectivity index (χ1v) is 8.46. The van der Waals surface area contributed by atoms with Gasteiger partial charge in [-0.3, -0.25) is 0 Å². The van der Waals surface area contributed by atoms with E-state index < -0.39 is 11.6 Å². The van der Waals surface area contributed by atoms with Gasteiger partial charge in [0.25, 0.3) is 0 Å². The van der Waals surface area contributed by atoms with Gasteiger partial charge >= 0.3 is 11.6 Å². The number of rotatable bonds is 5. The second-order valence-corrected chi connectivity index (χ2v) is 6.40. The Morgan fingerprint density at radius 3 is 2.63 bits per heavy atom. The maximum absolute atomic E-state index is 12.0. The molecular weight excluding hydrogens is 348 g/mol. The number of esters is 1. The Hall–Kier alpha value is -3.28. The van der Waals surface area contributed by atoms with Gasteiger partial charge < -0.3 is 19.0 Å². The summed E-state index contributed by atoms with van der Waals surface area (Å²) >= 11 is 0. The van der Waals surface area contributed by atoms with Crippen LogP contribution >= 0.6 is 0 Å². The molecule has 2 aromatic carbocycles. The first kappa shape index (κ1) is 18.5. The van der Waals surface area contributed by atoms with Gasteiger partial charge in [0.05, 0.1) is 0 Å². The van der Waals surface area contributed by atoms with Gasteiger partial charge in [-0.25, -0.2) is 9.59 Å². The number of carbonyl (C=O) groups excluding carboxylic acids is 1. The van der Waals surface area contributed by atoms with Crippen LogP contribution in [0.1, 0.15) is 22.3 Å². The summed E-state index contributed by atoms with van der Waals surface area (Å²) in [6.07, 6.45) is 0. The summed E-state index contributed by atoms with van der Waals surface area (Å²) in [5.74, 6) is 0.1000. The Morgan fingerprint density at radius 2 is 1.89 bits per heavy atom. The van der Waals surface area contributed by atoms with Gasteiger partial charge in [-0.2, -0.15) is 0 Å². The van der Waals surface area contributed by atoms with Crippen LogP contribution in [0.3, 0.4) is 0 Å². The number of phenols is 1. The monoisotopic (exact) mass is 368 g/mol. The highest BCUT2D eigenvalue weighted by atomic mass is 16.6. The standard InChI is InChI=1S/C21H20O6/c1-12-4-7-18(13(2)8-12)25-11-20(24)26-10-15-9-19(23)27-21-14(3)17(22)6-5-16(15)21/h4-9,22H,10-11H2,1-3H3. The second kappa shape index (κ2) is 7.53. The SMILES string of the molecule is Cc1ccc(OCC(=O)OCc2cc(=O)oc3c(C)c(O)ccc23)c(C)c1. The van der Waals surface area contributed by atoms with E-state index in [0.29, 0.717) is 22.3 Å². The Labute approximate surface area is 156 Å². The number of benzene rings is 2. The molecule has 0 saturated carbocycles. The maximum Gasteiger partial charge on any atom is 0.344 e. The molecule has 140 valence electrons. The van der Waals surface area contributed by atoms with Crippen molar-refractivity contribution in [3.63, 3.8) is 0 Å². The summed E-state index contributed by atoms with van der Waals surface area (Å²) in [5.41, 5.74) is 2.71. The molecule has 0 amide bonds. The largest absolute Gasteiger partial charge is 0.508 e. The lowest BCUT2D eigenvalue weighted by molar-refractivity contribution is -0.147. The quantitative estimate of drug-likeness (QED) is 0.548. The molecule has 0 spiro atoms. The zero-order chi connectivity index (χ0) is 19.6. The van der Waals surface area contributed by atoms with Crippen molar-refractivity contribution in [2.75, 3.05) is 6.61 Å². The van der Waals surface area contributed by atoms with Crippen LogP contribution in [0.5, 0.6) is 11.5 Å². The summed E-state index contributed by atoms with van der Waals surface area (Å²) in [6.45, 7) is 5.20. The number of phenolic OH excluding ortho intramolecular Hbond substituents is 1. The van der Waals surface area contributed by atoms with E-state index >= 15 is 0 Å². The molecule has 0 bridgehead atoms. The highest BCUT2D eigenvalue weighted by Gasteiger charge is 2.13. The topological polar surface area (TPSA) is 86.0 Å². The Kier molecular flexibility index (Phi) is 5.16. The van der Waals surface area contributed by atoms with Gasteiger partial charge in [-0.1, -0.05) is 17.7 Å². The highest BCUT2D eigenvalue weighted by Crippen LogP contribution is 2.27. The molecule has 0 fully saturated rings. The number of carbonyl (C=O) groups is 1. The Bertz CT molecular complexity index is 1060. The lowest BCUT2D eigenvalue weighted by Crippen LogP contribution is -2.16. The molecule has 0 atom stereocenters. The predicted molar refractivity (Wildman–Crippen MR) is 100 cm³/mol. The lowest BCUT2D eigenvalue weighted by atomic mass is 10.1. The van der Waals surface area contributed by atoms with Crippen molar-refractivity contribution < 1.29 is 23.8 Å². The van der Waals surface area contributed by atoms with E-state index in [4.69, 9.17) is 13.9 Å². The van der Waals surface area contributed by atoms with E-state index in [0.717, 1.165) is 11.1 Å². The smallest absolute Gasteiger partial charge is 0.344 e. The molecule has 3 rings (SSSR count). The van der Waals surface area contributed by atoms with Gasteiger partial charge in [0.2, 0.25) is 0 Å². The zero-order valence-corrected chi connectivity index (χ0v) is 15.4. The van der Waals surface area contributed by atoms with Crippen LogP contribution < -0.4 is 10.4 Å². The number of aryl methyl sites for hydroxylation is 3. The van der Waals surface area contributed by atoms with E-state index in [1.165, 1.54) is 12.1 Å². The maximum atomic E-state index is 12.0. The molecule has 0 aliphatic rings. The third-order valence-corrected chi connectivity index (χ3v) is 4.28. The molecule has 0 aliphatic carbocycles. The summed E-state index contributed by atoms with van der Waals surface area (Å²) in [7, 11) is 0. The Morgan fingerprint density at radius 1 is 1.11 bits per heavy atom. The van der Waals surface area contributed by atoms with Crippen molar-refractivity contribution in [3.05, 3.63) is 69.1 Å². The van der Waals surface area contributed by atoms with Crippen molar-refractivity contribution in [3.8, 4) is 11.5 Å². The lowest BCUT2D eigenvalue weighted by Gasteiger charge is -2.11. The van der Waals surface area contributed by atoms with E-state index in [1.54, 1.807) is 13.0 Å². The normalized spacial score (nSPS) is 10.8. The van der Waals surface area contributed by atoms with Crippen LogP contribution in [0.15, 0.2) is 45.6 Å². The van der Waals surface area contributed by atoms with Crippen molar-refractivity contribution in [1.29, 1.82) is 0 Å². The molecule has 0 aliphatic heterocycles. The molecule has 1 heterocycles. The molecule has 6 nitrogen and oxygen atoms in total. The summed E-state index contributed by atoms with van der Waals surface area (Å²) in [4.78, 5) is 23.8. The van der Waals surface area contributed by atoms with E-state index in [1.807, 2.05) is 32.0 Å². The molecule has 6 heteroatoms. The third-order valence-electron chi connectivity index (χ3n) is 4.28. The molecule has 0 unspecified atom stereocenters. The van der Waals surface area contributed by atoms with Crippen LogP contribution in [-0.4, -0.2) is 17.7 Å². The predicted octanol–water partition coefficient (Wildman–Crippen LogP) is 3.55. The van der Waals surface area contributed by atoms with Gasteiger partial charge in [0, 0.05) is 22.6 Å². The molecule has 0 saturated heterocycles. The minimum Gasteiger partial charge on any atom is -0.508 e. The number of hydrogen-bond donors (Lipinski definition) is 1. The molecule has 1 aromatic heterocycles. The van der Waals surface area contributed by atoms with Crippen LogP contribution in [0.4, 0.5) is 0 Å². The first-order valence-electron chi connectivity index (χ1n) is 8.46. The van der Waals surface area contributed by atoms with Crippen LogP contribution in [0.2, 0.25) is 0 Å². The van der Waals surface area contributed by atoms with Crippen molar-refractivity contribution in [1.82, 2.24) is 0 Å². The van der Waals surface area contributed by atoms with E-state index in [9.17, 15) is 14.7 Å². The van der Waals surface area contributed by atoms with Gasteiger partial charge in [-0.15, -0.1) is 0 Å². The minimum absolute atomic E-state index is 0.0293. The molecule has 3 aromatic rings. The van der Waals surface area contributed by atoms with Crippen molar-refractivity contribution >= 4 is 16.9 Å². The number of ether oxygens (including phenoxy) is 2. The average Bonchev–Trinajstić information content (AvgIpc) is 2.62. The summed E-state index contributed by atoms with van der Waals surface area (Å²) in [5, 5.41) is 10.4. The molecular formula is C21H20O6. The fraction of sp³-hybridized carbons (Fsp3) is 0.238. The molecule has 0 radical (unpaired) electrons. The highest BCUT2D eigenvalue weighted by molar-refractivity contribution is 5.85. The minimum atomic E-state index is -0.575. The van der Waals surface area contributed by atoms with Gasteiger partial charge in [0.15, 0.2) is 6.61 Å². The second-order valence-electron chi connectivity index (χ2n) is 6.40. The molecule has 1 N–H and O–H groups in total. The number of hydrogen-bond acceptors (Lipinski definition) is 6. The number of fused-ring (bicyclic) bond motifs is 1. The summed E-state index contributed by atoms with van der Waals surface area (Å²) in [6, 6.07) is 10.1. The fourth-order valence-corrected chi connectivity index (χ4v) is 2.83. The van der Waals surface area contributed by atoms with Crippen LogP contribution in [0, 0.1) is 20.8 Å². The van der Waals surface area contributed by atoms with Crippen molar-refractivity contribution in [2.45, 2.75) is 27.4 Å². The van der Waals surface area contributed by atoms with Gasteiger partial charge in [0.1, 0.15) is 23.7 Å². The zero-order valence-electron chi connectivity index (χ0n) is 15.4.